The number of hydrogen-bond acceptors (Lipinski definition) is 1. The van der Waals surface area contributed by atoms with Gasteiger partial charge in [0, 0.05) is 24.7 Å². The molecule has 0 saturated heterocycles. The summed E-state index contributed by atoms with van der Waals surface area (Å²) in [5.41, 5.74) is 0. The highest BCUT2D eigenvalue weighted by Crippen LogP contribution is 2.28. The Kier molecular flexibility index (Phi) is 2.06. The third kappa shape index (κ3) is 1.18. The van der Waals surface area contributed by atoms with Crippen molar-refractivity contribution in [2.45, 2.75) is 12.8 Å². The van der Waals surface area contributed by atoms with Gasteiger partial charge in [0.25, 0.3) is 0 Å². The quantitative estimate of drug-likeness (QED) is 0.500. The molecule has 0 aromatic carbocycles. The molecule has 1 fully saturated rings. The molecular formula is C8H9FO. The molecule has 1 nitrogen and oxygen atoms in total. The van der Waals surface area contributed by atoms with Gasteiger partial charge in [0.2, 0.25) is 0 Å². The largest absolute Gasteiger partial charge is 0.300 e. The van der Waals surface area contributed by atoms with E-state index in [1.165, 1.54) is 0 Å². The van der Waals surface area contributed by atoms with Crippen molar-refractivity contribution in [1.29, 1.82) is 0 Å². The molecule has 2 heteroatoms. The first-order chi connectivity index (χ1) is 4.77. The van der Waals surface area contributed by atoms with Gasteiger partial charge in [0.1, 0.15) is 5.78 Å². The molecule has 2 atom stereocenters. The molecule has 0 N–H and O–H groups in total. The predicted molar refractivity (Wildman–Crippen MR) is 36.0 cm³/mol. The SMILES string of the molecule is C#CC1CC(=O)CC1CF. The Hall–Kier alpha value is -0.840. The number of ketones is 1. The summed E-state index contributed by atoms with van der Waals surface area (Å²) in [6.45, 7) is -0.458. The minimum Gasteiger partial charge on any atom is -0.300 e. The van der Waals surface area contributed by atoms with E-state index >= 15 is 0 Å². The van der Waals surface area contributed by atoms with E-state index in [0.29, 0.717) is 12.8 Å². The molecule has 1 aliphatic rings. The van der Waals surface area contributed by atoms with Crippen LogP contribution in [0, 0.1) is 24.2 Å². The Morgan fingerprint density at radius 1 is 1.70 bits per heavy atom. The van der Waals surface area contributed by atoms with Crippen molar-refractivity contribution in [3.8, 4) is 12.3 Å². The molecule has 0 spiro atoms. The second-order valence-corrected chi connectivity index (χ2v) is 2.63. The first kappa shape index (κ1) is 7.27. The van der Waals surface area contributed by atoms with E-state index in [4.69, 9.17) is 6.42 Å². The molecule has 1 saturated carbocycles. The predicted octanol–water partition coefficient (Wildman–Crippen LogP) is 1.18. The maximum absolute atomic E-state index is 12.1. The summed E-state index contributed by atoms with van der Waals surface area (Å²) in [4.78, 5) is 10.7. The van der Waals surface area contributed by atoms with Crippen LogP contribution in [0.3, 0.4) is 0 Å². The van der Waals surface area contributed by atoms with Gasteiger partial charge < -0.3 is 0 Å². The fraction of sp³-hybridized carbons (Fsp3) is 0.625. The van der Waals surface area contributed by atoms with Gasteiger partial charge in [-0.05, 0) is 0 Å². The molecule has 0 bridgehead atoms. The van der Waals surface area contributed by atoms with Gasteiger partial charge in [-0.2, -0.15) is 0 Å². The highest BCUT2D eigenvalue weighted by molar-refractivity contribution is 5.81. The Bertz CT molecular complexity index is 180. The van der Waals surface area contributed by atoms with E-state index < -0.39 is 6.67 Å². The average Bonchev–Trinajstić information content (AvgIpc) is 2.30. The second-order valence-electron chi connectivity index (χ2n) is 2.63. The van der Waals surface area contributed by atoms with Gasteiger partial charge in [-0.3, -0.25) is 9.18 Å². The lowest BCUT2D eigenvalue weighted by Gasteiger charge is -2.06. The highest BCUT2D eigenvalue weighted by Gasteiger charge is 2.31. The molecule has 2 unspecified atom stereocenters. The lowest BCUT2D eigenvalue weighted by Crippen LogP contribution is -2.06. The number of carbonyl (C=O) groups is 1. The van der Waals surface area contributed by atoms with E-state index in [9.17, 15) is 9.18 Å². The topological polar surface area (TPSA) is 17.1 Å². The first-order valence-electron chi connectivity index (χ1n) is 3.31. The molecule has 54 valence electrons. The van der Waals surface area contributed by atoms with Crippen LogP contribution in [0.1, 0.15) is 12.8 Å². The summed E-state index contributed by atoms with van der Waals surface area (Å²) in [6.07, 6.45) is 5.81. The number of carbonyl (C=O) groups excluding carboxylic acids is 1. The average molecular weight is 140 g/mol. The van der Waals surface area contributed by atoms with Crippen molar-refractivity contribution in [3.05, 3.63) is 0 Å². The van der Waals surface area contributed by atoms with Crippen LogP contribution in [0.25, 0.3) is 0 Å². The first-order valence-corrected chi connectivity index (χ1v) is 3.31. The summed E-state index contributed by atoms with van der Waals surface area (Å²) in [7, 11) is 0. The van der Waals surface area contributed by atoms with Crippen LogP contribution in [0.15, 0.2) is 0 Å². The third-order valence-corrected chi connectivity index (χ3v) is 1.92. The zero-order chi connectivity index (χ0) is 7.56. The Balaban J connectivity index is 2.59. The molecule has 1 rings (SSSR count). The number of Topliss-reactive ketones (excluding diaryl/α,β-unsaturated/α-hetero) is 1. The van der Waals surface area contributed by atoms with E-state index in [-0.39, 0.29) is 17.6 Å². The van der Waals surface area contributed by atoms with Gasteiger partial charge in [-0.15, -0.1) is 12.3 Å². The number of halogens is 1. The standard InChI is InChI=1S/C8H9FO/c1-2-6-3-8(10)4-7(6)5-9/h1,6-7H,3-5H2. The van der Waals surface area contributed by atoms with Gasteiger partial charge in [0.15, 0.2) is 0 Å². The number of hydrogen-bond donors (Lipinski definition) is 0. The normalized spacial score (nSPS) is 32.2. The van der Waals surface area contributed by atoms with Crippen molar-refractivity contribution in [2.24, 2.45) is 11.8 Å². The maximum Gasteiger partial charge on any atom is 0.134 e. The number of terminal acetylenes is 1. The molecule has 0 aromatic heterocycles. The monoisotopic (exact) mass is 140 g/mol. The maximum atomic E-state index is 12.1. The van der Waals surface area contributed by atoms with Crippen LogP contribution in [0.4, 0.5) is 4.39 Å². The van der Waals surface area contributed by atoms with Crippen molar-refractivity contribution >= 4 is 5.78 Å². The van der Waals surface area contributed by atoms with Crippen LogP contribution >= 0.6 is 0 Å². The fourth-order valence-corrected chi connectivity index (χ4v) is 1.29. The van der Waals surface area contributed by atoms with Crippen LogP contribution in [-0.2, 0) is 4.79 Å². The molecule has 0 amide bonds. The van der Waals surface area contributed by atoms with Crippen molar-refractivity contribution in [1.82, 2.24) is 0 Å². The lowest BCUT2D eigenvalue weighted by molar-refractivity contribution is -0.117. The van der Waals surface area contributed by atoms with Crippen molar-refractivity contribution < 1.29 is 9.18 Å². The summed E-state index contributed by atoms with van der Waals surface area (Å²) < 4.78 is 12.1. The summed E-state index contributed by atoms with van der Waals surface area (Å²) in [6, 6.07) is 0. The van der Waals surface area contributed by atoms with E-state index in [1.807, 2.05) is 0 Å². The smallest absolute Gasteiger partial charge is 0.134 e. The molecule has 0 radical (unpaired) electrons. The Labute approximate surface area is 59.6 Å². The van der Waals surface area contributed by atoms with Gasteiger partial charge in [-0.25, -0.2) is 0 Å². The highest BCUT2D eigenvalue weighted by atomic mass is 19.1. The van der Waals surface area contributed by atoms with Crippen LogP contribution in [0.2, 0.25) is 0 Å². The zero-order valence-electron chi connectivity index (χ0n) is 5.64. The molecule has 10 heavy (non-hydrogen) atoms. The van der Waals surface area contributed by atoms with Crippen LogP contribution in [-0.4, -0.2) is 12.5 Å². The molecule has 0 aromatic rings. The second kappa shape index (κ2) is 2.83. The van der Waals surface area contributed by atoms with Crippen molar-refractivity contribution in [3.63, 3.8) is 0 Å². The minimum atomic E-state index is -0.458. The molecular weight excluding hydrogens is 131 g/mol. The summed E-state index contributed by atoms with van der Waals surface area (Å²) in [5, 5.41) is 0. The third-order valence-electron chi connectivity index (χ3n) is 1.92. The fourth-order valence-electron chi connectivity index (χ4n) is 1.29. The van der Waals surface area contributed by atoms with Gasteiger partial charge >= 0.3 is 0 Å². The Morgan fingerprint density at radius 3 is 2.80 bits per heavy atom. The van der Waals surface area contributed by atoms with Crippen LogP contribution in [0.5, 0.6) is 0 Å². The van der Waals surface area contributed by atoms with E-state index in [1.54, 1.807) is 0 Å². The zero-order valence-corrected chi connectivity index (χ0v) is 5.64. The lowest BCUT2D eigenvalue weighted by atomic mass is 9.99. The molecule has 0 heterocycles. The summed E-state index contributed by atoms with van der Waals surface area (Å²) in [5.74, 6) is 2.20. The summed E-state index contributed by atoms with van der Waals surface area (Å²) >= 11 is 0. The number of alkyl halides is 1. The van der Waals surface area contributed by atoms with E-state index in [0.717, 1.165) is 0 Å². The van der Waals surface area contributed by atoms with Crippen molar-refractivity contribution in [2.75, 3.05) is 6.67 Å². The van der Waals surface area contributed by atoms with Gasteiger partial charge in [0.05, 0.1) is 6.67 Å². The van der Waals surface area contributed by atoms with Gasteiger partial charge in [-0.1, -0.05) is 0 Å². The molecule has 0 aliphatic heterocycles. The Morgan fingerprint density at radius 2 is 2.40 bits per heavy atom. The molecule has 1 aliphatic carbocycles. The number of rotatable bonds is 1. The van der Waals surface area contributed by atoms with E-state index in [2.05, 4.69) is 5.92 Å². The van der Waals surface area contributed by atoms with Crippen LogP contribution < -0.4 is 0 Å². The minimum absolute atomic E-state index is 0.102.